The Morgan fingerprint density at radius 1 is 1.29 bits per heavy atom. The topological polar surface area (TPSA) is 34.9 Å². The predicted molar refractivity (Wildman–Crippen MR) is 99.8 cm³/mol. The highest BCUT2D eigenvalue weighted by Crippen LogP contribution is 2.35. The van der Waals surface area contributed by atoms with E-state index in [1.807, 2.05) is 6.07 Å². The fourth-order valence-corrected chi connectivity index (χ4v) is 4.96. The predicted octanol–water partition coefficient (Wildman–Crippen LogP) is 4.22. The molecule has 1 aliphatic rings. The molecule has 3 nitrogen and oxygen atoms in total. The monoisotopic (exact) mass is 338 g/mol. The van der Waals surface area contributed by atoms with E-state index in [1.54, 1.807) is 22.2 Å². The largest absolute Gasteiger partial charge is 0.299 e. The van der Waals surface area contributed by atoms with Crippen molar-refractivity contribution in [2.24, 2.45) is 5.92 Å². The van der Waals surface area contributed by atoms with Crippen molar-refractivity contribution in [2.45, 2.75) is 45.6 Å². The quantitative estimate of drug-likeness (QED) is 0.714. The van der Waals surface area contributed by atoms with Gasteiger partial charge >= 0.3 is 0 Å². The molecule has 1 aromatic carbocycles. The Hall–Kier alpha value is -1.94. The van der Waals surface area contributed by atoms with E-state index in [4.69, 9.17) is 0 Å². The maximum Gasteiger partial charge on any atom is 0.262 e. The van der Waals surface area contributed by atoms with Crippen molar-refractivity contribution in [3.8, 4) is 0 Å². The number of fused-ring (bicyclic) bond motifs is 3. The van der Waals surface area contributed by atoms with Crippen LogP contribution in [0.1, 0.15) is 35.8 Å². The molecule has 0 spiro atoms. The Bertz CT molecular complexity index is 911. The van der Waals surface area contributed by atoms with Gasteiger partial charge in [0.2, 0.25) is 0 Å². The van der Waals surface area contributed by atoms with E-state index in [-0.39, 0.29) is 5.56 Å². The number of hydrogen-bond donors (Lipinski definition) is 0. The van der Waals surface area contributed by atoms with Gasteiger partial charge in [0, 0.05) is 11.4 Å². The van der Waals surface area contributed by atoms with E-state index in [2.05, 4.69) is 36.2 Å². The molecule has 24 heavy (non-hydrogen) atoms. The standard InChI is InChI=1S/C20H22N2OS/c1-14-9-10-16-17(12-14)24-19-18(16)20(23)22(13-21-19)11-5-8-15-6-3-2-4-7-15/h2-4,6-7,13-14H,5,8-12H2,1H3/t14-/m1/s1. The summed E-state index contributed by atoms with van der Waals surface area (Å²) >= 11 is 1.72. The summed E-state index contributed by atoms with van der Waals surface area (Å²) in [7, 11) is 0. The van der Waals surface area contributed by atoms with Crippen molar-refractivity contribution in [1.82, 2.24) is 9.55 Å². The van der Waals surface area contributed by atoms with Crippen molar-refractivity contribution < 1.29 is 0 Å². The van der Waals surface area contributed by atoms with Gasteiger partial charge in [-0.1, -0.05) is 37.3 Å². The molecule has 0 N–H and O–H groups in total. The molecule has 0 saturated heterocycles. The first-order chi connectivity index (χ1) is 11.7. The maximum absolute atomic E-state index is 12.9. The molecule has 3 aromatic rings. The molecule has 0 amide bonds. The Balaban J connectivity index is 1.58. The molecule has 1 atom stereocenters. The smallest absolute Gasteiger partial charge is 0.262 e. The van der Waals surface area contributed by atoms with Crippen molar-refractivity contribution in [3.63, 3.8) is 0 Å². The number of aryl methyl sites for hydroxylation is 3. The van der Waals surface area contributed by atoms with Gasteiger partial charge in [0.15, 0.2) is 0 Å². The van der Waals surface area contributed by atoms with Crippen LogP contribution in [-0.2, 0) is 25.8 Å². The van der Waals surface area contributed by atoms with Gasteiger partial charge in [-0.15, -0.1) is 11.3 Å². The highest BCUT2D eigenvalue weighted by atomic mass is 32.1. The molecule has 124 valence electrons. The van der Waals surface area contributed by atoms with Crippen LogP contribution in [-0.4, -0.2) is 9.55 Å². The van der Waals surface area contributed by atoms with E-state index in [0.717, 1.165) is 48.4 Å². The molecule has 4 heteroatoms. The number of thiophene rings is 1. The van der Waals surface area contributed by atoms with Gasteiger partial charge in [-0.3, -0.25) is 9.36 Å². The number of nitrogens with zero attached hydrogens (tertiary/aromatic N) is 2. The molecule has 2 heterocycles. The third kappa shape index (κ3) is 2.91. The van der Waals surface area contributed by atoms with E-state index in [1.165, 1.54) is 22.4 Å². The second-order valence-corrected chi connectivity index (χ2v) is 7.95. The Morgan fingerprint density at radius 3 is 2.96 bits per heavy atom. The minimum Gasteiger partial charge on any atom is -0.299 e. The van der Waals surface area contributed by atoms with E-state index in [9.17, 15) is 4.79 Å². The summed E-state index contributed by atoms with van der Waals surface area (Å²) in [6.45, 7) is 3.03. The first-order valence-corrected chi connectivity index (χ1v) is 9.57. The van der Waals surface area contributed by atoms with Crippen LogP contribution in [0.3, 0.4) is 0 Å². The van der Waals surface area contributed by atoms with Crippen molar-refractivity contribution in [2.75, 3.05) is 0 Å². The summed E-state index contributed by atoms with van der Waals surface area (Å²) in [5.74, 6) is 0.721. The normalized spacial score (nSPS) is 17.1. The SMILES string of the molecule is C[C@@H]1CCc2c(sc3ncn(CCCc4ccccc4)c(=O)c23)C1. The first-order valence-electron chi connectivity index (χ1n) is 8.76. The average Bonchev–Trinajstić information content (AvgIpc) is 2.96. The third-order valence-electron chi connectivity index (χ3n) is 4.99. The summed E-state index contributed by atoms with van der Waals surface area (Å²) in [6.07, 6.45) is 7.00. The van der Waals surface area contributed by atoms with Gasteiger partial charge in [-0.05, 0) is 49.1 Å². The summed E-state index contributed by atoms with van der Waals surface area (Å²) in [5.41, 5.74) is 2.75. The third-order valence-corrected chi connectivity index (χ3v) is 6.15. The molecular weight excluding hydrogens is 316 g/mol. The lowest BCUT2D eigenvalue weighted by Crippen LogP contribution is -2.22. The molecular formula is C20H22N2OS. The lowest BCUT2D eigenvalue weighted by molar-refractivity contribution is 0.509. The highest BCUT2D eigenvalue weighted by Gasteiger charge is 2.23. The number of hydrogen-bond acceptors (Lipinski definition) is 3. The second-order valence-electron chi connectivity index (χ2n) is 6.86. The zero-order valence-corrected chi connectivity index (χ0v) is 14.8. The first kappa shape index (κ1) is 15.6. The Morgan fingerprint density at radius 2 is 2.12 bits per heavy atom. The van der Waals surface area contributed by atoms with Gasteiger partial charge in [-0.2, -0.15) is 0 Å². The van der Waals surface area contributed by atoms with E-state index < -0.39 is 0 Å². The molecule has 0 unspecified atom stereocenters. The summed E-state index contributed by atoms with van der Waals surface area (Å²) in [6, 6.07) is 10.4. The lowest BCUT2D eigenvalue weighted by Gasteiger charge is -2.17. The van der Waals surface area contributed by atoms with Gasteiger partial charge in [0.05, 0.1) is 11.7 Å². The fraction of sp³-hybridized carbons (Fsp3) is 0.400. The zero-order valence-electron chi connectivity index (χ0n) is 14.0. The minimum absolute atomic E-state index is 0.153. The molecule has 4 rings (SSSR count). The molecule has 0 radical (unpaired) electrons. The van der Waals surface area contributed by atoms with Gasteiger partial charge < -0.3 is 0 Å². The molecule has 0 fully saturated rings. The second kappa shape index (κ2) is 6.52. The minimum atomic E-state index is 0.153. The average molecular weight is 338 g/mol. The van der Waals surface area contributed by atoms with Crippen LogP contribution in [0.4, 0.5) is 0 Å². The fourth-order valence-electron chi connectivity index (χ4n) is 3.62. The molecule has 0 bridgehead atoms. The number of benzene rings is 1. The maximum atomic E-state index is 12.9. The van der Waals surface area contributed by atoms with Crippen LogP contribution in [0.2, 0.25) is 0 Å². The van der Waals surface area contributed by atoms with Gasteiger partial charge in [-0.25, -0.2) is 4.98 Å². The molecule has 2 aromatic heterocycles. The number of aromatic nitrogens is 2. The summed E-state index contributed by atoms with van der Waals surface area (Å²) in [4.78, 5) is 19.8. The van der Waals surface area contributed by atoms with Crippen LogP contribution in [0, 0.1) is 5.92 Å². The Kier molecular flexibility index (Phi) is 4.23. The zero-order chi connectivity index (χ0) is 16.5. The van der Waals surface area contributed by atoms with Crippen LogP contribution >= 0.6 is 11.3 Å². The number of rotatable bonds is 4. The highest BCUT2D eigenvalue weighted by molar-refractivity contribution is 7.18. The van der Waals surface area contributed by atoms with E-state index in [0.29, 0.717) is 0 Å². The van der Waals surface area contributed by atoms with Crippen LogP contribution in [0.25, 0.3) is 10.2 Å². The van der Waals surface area contributed by atoms with Gasteiger partial charge in [0.1, 0.15) is 4.83 Å². The summed E-state index contributed by atoms with van der Waals surface area (Å²) in [5, 5.41) is 0.893. The van der Waals surface area contributed by atoms with Crippen LogP contribution in [0.15, 0.2) is 41.5 Å². The van der Waals surface area contributed by atoms with Crippen LogP contribution < -0.4 is 5.56 Å². The molecule has 0 saturated carbocycles. The summed E-state index contributed by atoms with van der Waals surface area (Å²) < 4.78 is 1.80. The van der Waals surface area contributed by atoms with Crippen LogP contribution in [0.5, 0.6) is 0 Å². The molecule has 0 aliphatic heterocycles. The Labute approximate surface area is 146 Å². The van der Waals surface area contributed by atoms with Crippen molar-refractivity contribution in [3.05, 3.63) is 63.0 Å². The van der Waals surface area contributed by atoms with Crippen molar-refractivity contribution in [1.29, 1.82) is 0 Å². The van der Waals surface area contributed by atoms with Gasteiger partial charge in [0.25, 0.3) is 5.56 Å². The lowest BCUT2D eigenvalue weighted by atomic mass is 9.89. The van der Waals surface area contributed by atoms with E-state index >= 15 is 0 Å². The molecule has 1 aliphatic carbocycles. The van der Waals surface area contributed by atoms with Crippen molar-refractivity contribution >= 4 is 21.6 Å².